The zero-order valence-corrected chi connectivity index (χ0v) is 14.9. The molecule has 1 heterocycles. The van der Waals surface area contributed by atoms with Gasteiger partial charge in [0.25, 0.3) is 0 Å². The van der Waals surface area contributed by atoms with Crippen molar-refractivity contribution >= 4 is 11.0 Å². The van der Waals surface area contributed by atoms with Gasteiger partial charge in [-0.1, -0.05) is 75.4 Å². The van der Waals surface area contributed by atoms with E-state index < -0.39 is 0 Å². The molecule has 0 spiro atoms. The van der Waals surface area contributed by atoms with Gasteiger partial charge >= 0.3 is 0 Å². The Bertz CT molecular complexity index is 1000. The molecule has 0 saturated heterocycles. The molecule has 0 saturated carbocycles. The van der Waals surface area contributed by atoms with Crippen LogP contribution in [0.15, 0.2) is 78.9 Å². The first-order valence-corrected chi connectivity index (χ1v) is 8.68. The maximum Gasteiger partial charge on any atom is 0.145 e. The molecule has 2 nitrogen and oxygen atoms in total. The number of para-hydroxylation sites is 2. The number of benzene rings is 3. The minimum absolute atomic E-state index is 0.151. The van der Waals surface area contributed by atoms with Crippen molar-refractivity contribution in [2.24, 2.45) is 0 Å². The van der Waals surface area contributed by atoms with Gasteiger partial charge in [-0.15, -0.1) is 0 Å². The summed E-state index contributed by atoms with van der Waals surface area (Å²) in [6, 6.07) is 27.5. The Hall–Kier alpha value is -2.87. The summed E-state index contributed by atoms with van der Waals surface area (Å²) in [6.07, 6.45) is 0. The molecule has 4 aromatic rings. The van der Waals surface area contributed by atoms with Crippen LogP contribution in [0.2, 0.25) is 0 Å². The normalized spacial score (nSPS) is 11.8. The molecule has 0 bridgehead atoms. The van der Waals surface area contributed by atoms with Crippen LogP contribution < -0.4 is 0 Å². The Morgan fingerprint density at radius 1 is 0.720 bits per heavy atom. The highest BCUT2D eigenvalue weighted by atomic mass is 15.1. The molecule has 0 atom stereocenters. The maximum absolute atomic E-state index is 4.89. The number of hydrogen-bond acceptors (Lipinski definition) is 1. The fraction of sp³-hybridized carbons (Fsp3) is 0.174. The highest BCUT2D eigenvalue weighted by Gasteiger charge is 2.16. The van der Waals surface area contributed by atoms with Crippen molar-refractivity contribution in [1.82, 2.24) is 9.55 Å². The van der Waals surface area contributed by atoms with E-state index in [4.69, 9.17) is 4.98 Å². The summed E-state index contributed by atoms with van der Waals surface area (Å²) in [6.45, 7) is 6.72. The van der Waals surface area contributed by atoms with E-state index in [1.807, 2.05) is 12.1 Å². The van der Waals surface area contributed by atoms with Gasteiger partial charge in [0.05, 0.1) is 11.0 Å². The predicted molar refractivity (Wildman–Crippen MR) is 105 cm³/mol. The van der Waals surface area contributed by atoms with Crippen molar-refractivity contribution in [3.8, 4) is 17.1 Å². The predicted octanol–water partition coefficient (Wildman–Crippen LogP) is 5.99. The fourth-order valence-electron chi connectivity index (χ4n) is 3.18. The third kappa shape index (κ3) is 2.85. The molecular formula is C23H22N2. The summed E-state index contributed by atoms with van der Waals surface area (Å²) in [5.74, 6) is 0.977. The molecule has 0 N–H and O–H groups in total. The van der Waals surface area contributed by atoms with Gasteiger partial charge in [-0.05, 0) is 35.2 Å². The van der Waals surface area contributed by atoms with Gasteiger partial charge in [0.1, 0.15) is 5.82 Å². The molecule has 0 radical (unpaired) electrons. The van der Waals surface area contributed by atoms with E-state index in [9.17, 15) is 0 Å². The summed E-state index contributed by atoms with van der Waals surface area (Å²) >= 11 is 0. The Morgan fingerprint density at radius 3 is 2.04 bits per heavy atom. The first kappa shape index (κ1) is 15.6. The molecule has 0 aliphatic carbocycles. The molecular weight excluding hydrogens is 304 g/mol. The number of imidazole rings is 1. The topological polar surface area (TPSA) is 17.8 Å². The molecule has 25 heavy (non-hydrogen) atoms. The summed E-state index contributed by atoms with van der Waals surface area (Å²) in [4.78, 5) is 4.89. The SMILES string of the molecule is CC(C)(C)c1ccc(-n2c(-c3ccccc3)nc3ccccc32)cc1. The lowest BCUT2D eigenvalue weighted by molar-refractivity contribution is 0.590. The molecule has 124 valence electrons. The number of nitrogens with zero attached hydrogens (tertiary/aromatic N) is 2. The number of aromatic nitrogens is 2. The van der Waals surface area contributed by atoms with Gasteiger partial charge in [0.2, 0.25) is 0 Å². The van der Waals surface area contributed by atoms with Gasteiger partial charge in [-0.25, -0.2) is 4.98 Å². The summed E-state index contributed by atoms with van der Waals surface area (Å²) in [5.41, 5.74) is 5.89. The molecule has 2 heteroatoms. The van der Waals surface area contributed by atoms with Crippen LogP contribution in [-0.2, 0) is 5.41 Å². The second-order valence-electron chi connectivity index (χ2n) is 7.42. The third-order valence-electron chi connectivity index (χ3n) is 4.58. The largest absolute Gasteiger partial charge is 0.292 e. The summed E-state index contributed by atoms with van der Waals surface area (Å²) in [5, 5.41) is 0. The van der Waals surface area contributed by atoms with Crippen LogP contribution >= 0.6 is 0 Å². The lowest BCUT2D eigenvalue weighted by Crippen LogP contribution is -2.11. The van der Waals surface area contributed by atoms with E-state index >= 15 is 0 Å². The van der Waals surface area contributed by atoms with Crippen LogP contribution in [-0.4, -0.2) is 9.55 Å². The fourth-order valence-corrected chi connectivity index (χ4v) is 3.18. The van der Waals surface area contributed by atoms with Crippen LogP contribution in [0, 0.1) is 0 Å². The lowest BCUT2D eigenvalue weighted by Gasteiger charge is -2.19. The average molecular weight is 326 g/mol. The van der Waals surface area contributed by atoms with E-state index in [1.54, 1.807) is 0 Å². The zero-order chi connectivity index (χ0) is 17.4. The van der Waals surface area contributed by atoms with Crippen molar-refractivity contribution in [3.05, 3.63) is 84.4 Å². The maximum atomic E-state index is 4.89. The Labute approximate surface area is 148 Å². The standard InChI is InChI=1S/C23H22N2/c1-23(2,3)18-13-15-19(16-14-18)25-21-12-8-7-11-20(21)24-22(25)17-9-5-4-6-10-17/h4-16H,1-3H3. The van der Waals surface area contributed by atoms with Crippen molar-refractivity contribution in [1.29, 1.82) is 0 Å². The second-order valence-corrected chi connectivity index (χ2v) is 7.42. The van der Waals surface area contributed by atoms with Gasteiger partial charge in [0, 0.05) is 11.3 Å². The van der Waals surface area contributed by atoms with E-state index in [2.05, 4.69) is 92.1 Å². The molecule has 0 unspecified atom stereocenters. The Balaban J connectivity index is 1.94. The van der Waals surface area contributed by atoms with Crippen LogP contribution in [0.4, 0.5) is 0 Å². The molecule has 1 aromatic heterocycles. The van der Waals surface area contributed by atoms with Gasteiger partial charge in [-0.3, -0.25) is 4.57 Å². The summed E-state index contributed by atoms with van der Waals surface area (Å²) < 4.78 is 2.25. The van der Waals surface area contributed by atoms with Crippen LogP contribution in [0.3, 0.4) is 0 Å². The molecule has 4 rings (SSSR count). The summed E-state index contributed by atoms with van der Waals surface area (Å²) in [7, 11) is 0. The van der Waals surface area contributed by atoms with Crippen molar-refractivity contribution < 1.29 is 0 Å². The smallest absolute Gasteiger partial charge is 0.145 e. The van der Waals surface area contributed by atoms with Crippen molar-refractivity contribution in [3.63, 3.8) is 0 Å². The molecule has 0 aliphatic rings. The second kappa shape index (κ2) is 5.89. The lowest BCUT2D eigenvalue weighted by atomic mass is 9.87. The third-order valence-corrected chi connectivity index (χ3v) is 4.58. The first-order chi connectivity index (χ1) is 12.0. The van der Waals surface area contributed by atoms with E-state index in [0.29, 0.717) is 0 Å². The quantitative estimate of drug-likeness (QED) is 0.442. The average Bonchev–Trinajstić information content (AvgIpc) is 3.01. The van der Waals surface area contributed by atoms with Gasteiger partial charge < -0.3 is 0 Å². The molecule has 0 aliphatic heterocycles. The zero-order valence-electron chi connectivity index (χ0n) is 14.9. The van der Waals surface area contributed by atoms with E-state index in [0.717, 1.165) is 28.1 Å². The Kier molecular flexibility index (Phi) is 3.69. The van der Waals surface area contributed by atoms with Crippen molar-refractivity contribution in [2.75, 3.05) is 0 Å². The van der Waals surface area contributed by atoms with Crippen LogP contribution in [0.1, 0.15) is 26.3 Å². The Morgan fingerprint density at radius 2 is 1.36 bits per heavy atom. The van der Waals surface area contributed by atoms with E-state index in [1.165, 1.54) is 5.56 Å². The molecule has 3 aromatic carbocycles. The van der Waals surface area contributed by atoms with Gasteiger partial charge in [0.15, 0.2) is 0 Å². The number of rotatable bonds is 2. The minimum atomic E-state index is 0.151. The highest BCUT2D eigenvalue weighted by Crippen LogP contribution is 2.30. The molecule has 0 fully saturated rings. The monoisotopic (exact) mass is 326 g/mol. The number of fused-ring (bicyclic) bond motifs is 1. The van der Waals surface area contributed by atoms with Crippen molar-refractivity contribution in [2.45, 2.75) is 26.2 Å². The van der Waals surface area contributed by atoms with Crippen LogP contribution in [0.5, 0.6) is 0 Å². The highest BCUT2D eigenvalue weighted by molar-refractivity contribution is 5.83. The molecule has 0 amide bonds. The van der Waals surface area contributed by atoms with E-state index in [-0.39, 0.29) is 5.41 Å². The number of hydrogen-bond donors (Lipinski definition) is 0. The minimum Gasteiger partial charge on any atom is -0.292 e. The van der Waals surface area contributed by atoms with Crippen LogP contribution in [0.25, 0.3) is 28.1 Å². The first-order valence-electron chi connectivity index (χ1n) is 8.68. The van der Waals surface area contributed by atoms with Gasteiger partial charge in [-0.2, -0.15) is 0 Å².